The maximum atomic E-state index is 13.5. The van der Waals surface area contributed by atoms with Crippen molar-refractivity contribution >= 4 is 5.65 Å². The Morgan fingerprint density at radius 1 is 1.04 bits per heavy atom. The highest BCUT2D eigenvalue weighted by molar-refractivity contribution is 5.42. The smallest absolute Gasteiger partial charge is 0.233 e. The van der Waals surface area contributed by atoms with Gasteiger partial charge in [0, 0.05) is 11.5 Å². The zero-order valence-corrected chi connectivity index (χ0v) is 12.7. The van der Waals surface area contributed by atoms with E-state index in [0.29, 0.717) is 29.1 Å². The number of rotatable bonds is 1. The second kappa shape index (κ2) is 4.28. The van der Waals surface area contributed by atoms with Crippen LogP contribution in [-0.4, -0.2) is 14.6 Å². The Kier molecular flexibility index (Phi) is 2.57. The molecule has 0 atom stereocenters. The third-order valence-electron chi connectivity index (χ3n) is 6.23. The lowest BCUT2D eigenvalue weighted by molar-refractivity contribution is -0.142. The van der Waals surface area contributed by atoms with Crippen LogP contribution in [0, 0.1) is 17.8 Å². The van der Waals surface area contributed by atoms with Gasteiger partial charge in [-0.2, -0.15) is 18.3 Å². The minimum absolute atomic E-state index is 0.138. The summed E-state index contributed by atoms with van der Waals surface area (Å²) in [6.45, 7) is 0. The van der Waals surface area contributed by atoms with Gasteiger partial charge in [-0.05, 0) is 62.3 Å². The Morgan fingerprint density at radius 3 is 2.22 bits per heavy atom. The van der Waals surface area contributed by atoms with E-state index in [9.17, 15) is 13.2 Å². The number of aromatic nitrogens is 3. The van der Waals surface area contributed by atoms with Crippen molar-refractivity contribution < 1.29 is 13.2 Å². The maximum Gasteiger partial charge on any atom is 0.433 e. The van der Waals surface area contributed by atoms with Gasteiger partial charge in [-0.3, -0.25) is 0 Å². The Balaban J connectivity index is 1.69. The molecule has 0 amide bonds. The fourth-order valence-electron chi connectivity index (χ4n) is 5.81. The summed E-state index contributed by atoms with van der Waals surface area (Å²) in [5, 5.41) is 3.81. The van der Waals surface area contributed by atoms with E-state index < -0.39 is 11.9 Å². The molecule has 0 aromatic carbocycles. The summed E-state index contributed by atoms with van der Waals surface area (Å²) in [6, 6.07) is 2.84. The van der Waals surface area contributed by atoms with Crippen LogP contribution in [0.15, 0.2) is 18.3 Å². The molecule has 6 heteroatoms. The van der Waals surface area contributed by atoms with Crippen LogP contribution in [0.5, 0.6) is 0 Å². The highest BCUT2D eigenvalue weighted by Gasteiger charge is 2.53. The molecule has 4 aliphatic rings. The van der Waals surface area contributed by atoms with Crippen LogP contribution in [0.1, 0.15) is 49.9 Å². The molecule has 122 valence electrons. The summed E-state index contributed by atoms with van der Waals surface area (Å²) in [4.78, 5) is 4.60. The fourth-order valence-corrected chi connectivity index (χ4v) is 5.81. The van der Waals surface area contributed by atoms with Gasteiger partial charge in [0.05, 0.1) is 11.9 Å². The number of fused-ring (bicyclic) bond motifs is 1. The number of nitrogens with zero attached hydrogens (tertiary/aromatic N) is 3. The SMILES string of the molecule is FC(F)(F)c1cc(C23CC4CC(CC(C4)C2)C3)nc2ccnn12. The average Bonchev–Trinajstić information content (AvgIpc) is 2.91. The van der Waals surface area contributed by atoms with Crippen molar-refractivity contribution in [2.45, 2.75) is 50.1 Å². The van der Waals surface area contributed by atoms with Gasteiger partial charge in [0.1, 0.15) is 5.69 Å². The first-order valence-electron chi connectivity index (χ1n) is 8.35. The monoisotopic (exact) mass is 321 g/mol. The predicted octanol–water partition coefficient (Wildman–Crippen LogP) is 4.22. The fraction of sp³-hybridized carbons (Fsp3) is 0.647. The topological polar surface area (TPSA) is 30.2 Å². The zero-order valence-electron chi connectivity index (χ0n) is 12.7. The standard InChI is InChI=1S/C17H18F3N3/c18-17(19,20)14-6-13(22-15-1-2-21-23(14)15)16-7-10-3-11(8-16)5-12(4-10)9-16/h1-2,6,10-12H,3-5,7-9H2. The van der Waals surface area contributed by atoms with E-state index >= 15 is 0 Å². The molecule has 0 radical (unpaired) electrons. The molecular weight excluding hydrogens is 303 g/mol. The first kappa shape index (κ1) is 13.8. The molecule has 0 N–H and O–H groups in total. The van der Waals surface area contributed by atoms with Crippen molar-refractivity contribution in [1.29, 1.82) is 0 Å². The molecule has 4 bridgehead atoms. The number of halogens is 3. The first-order chi connectivity index (χ1) is 10.9. The molecule has 2 heterocycles. The van der Waals surface area contributed by atoms with Crippen LogP contribution >= 0.6 is 0 Å². The molecule has 23 heavy (non-hydrogen) atoms. The van der Waals surface area contributed by atoms with Crippen LogP contribution in [0.25, 0.3) is 5.65 Å². The zero-order chi connectivity index (χ0) is 15.8. The minimum atomic E-state index is -4.41. The summed E-state index contributed by atoms with van der Waals surface area (Å²) < 4.78 is 41.3. The molecule has 0 spiro atoms. The van der Waals surface area contributed by atoms with Crippen LogP contribution in [-0.2, 0) is 11.6 Å². The summed E-state index contributed by atoms with van der Waals surface area (Å²) in [7, 11) is 0. The van der Waals surface area contributed by atoms with Crippen molar-refractivity contribution in [2.24, 2.45) is 17.8 Å². The van der Waals surface area contributed by atoms with Gasteiger partial charge in [0.15, 0.2) is 5.65 Å². The maximum absolute atomic E-state index is 13.5. The summed E-state index contributed by atoms with van der Waals surface area (Å²) in [6.07, 6.45) is 3.79. The van der Waals surface area contributed by atoms with Gasteiger partial charge < -0.3 is 0 Å². The lowest BCUT2D eigenvalue weighted by atomic mass is 9.49. The molecule has 3 nitrogen and oxygen atoms in total. The Morgan fingerprint density at radius 2 is 1.65 bits per heavy atom. The van der Waals surface area contributed by atoms with Gasteiger partial charge >= 0.3 is 6.18 Å². The van der Waals surface area contributed by atoms with Crippen LogP contribution < -0.4 is 0 Å². The molecular formula is C17H18F3N3. The number of alkyl halides is 3. The Bertz CT molecular complexity index is 742. The first-order valence-corrected chi connectivity index (χ1v) is 8.35. The molecule has 2 aromatic heterocycles. The Labute approximate surface area is 131 Å². The third-order valence-corrected chi connectivity index (χ3v) is 6.23. The van der Waals surface area contributed by atoms with E-state index in [1.54, 1.807) is 6.07 Å². The Hall–Kier alpha value is -1.59. The van der Waals surface area contributed by atoms with Crippen molar-refractivity contribution in [3.8, 4) is 0 Å². The molecule has 0 saturated heterocycles. The van der Waals surface area contributed by atoms with E-state index in [2.05, 4.69) is 10.1 Å². The van der Waals surface area contributed by atoms with E-state index in [1.165, 1.54) is 31.5 Å². The van der Waals surface area contributed by atoms with E-state index in [0.717, 1.165) is 23.8 Å². The summed E-state index contributed by atoms with van der Waals surface area (Å²) in [5.41, 5.74) is 0.126. The normalized spacial score (nSPS) is 36.0. The molecule has 4 saturated carbocycles. The van der Waals surface area contributed by atoms with Crippen molar-refractivity contribution in [1.82, 2.24) is 14.6 Å². The van der Waals surface area contributed by atoms with Crippen molar-refractivity contribution in [3.63, 3.8) is 0 Å². The van der Waals surface area contributed by atoms with Crippen LogP contribution in [0.2, 0.25) is 0 Å². The second-order valence-electron chi connectivity index (χ2n) is 7.82. The van der Waals surface area contributed by atoms with Gasteiger partial charge in [0.25, 0.3) is 0 Å². The molecule has 6 rings (SSSR count). The molecule has 4 aliphatic carbocycles. The van der Waals surface area contributed by atoms with E-state index in [4.69, 9.17) is 0 Å². The lowest BCUT2D eigenvalue weighted by Crippen LogP contribution is -2.49. The van der Waals surface area contributed by atoms with Gasteiger partial charge in [0.2, 0.25) is 0 Å². The van der Waals surface area contributed by atoms with E-state index in [-0.39, 0.29) is 5.41 Å². The van der Waals surface area contributed by atoms with Crippen LogP contribution in [0.4, 0.5) is 13.2 Å². The largest absolute Gasteiger partial charge is 0.433 e. The molecule has 4 fully saturated rings. The average molecular weight is 321 g/mol. The lowest BCUT2D eigenvalue weighted by Gasteiger charge is -2.56. The van der Waals surface area contributed by atoms with Crippen molar-refractivity contribution in [3.05, 3.63) is 29.7 Å². The van der Waals surface area contributed by atoms with Gasteiger partial charge in [-0.1, -0.05) is 0 Å². The van der Waals surface area contributed by atoms with Gasteiger partial charge in [-0.15, -0.1) is 0 Å². The minimum Gasteiger partial charge on any atom is -0.233 e. The molecule has 0 aliphatic heterocycles. The second-order valence-corrected chi connectivity index (χ2v) is 7.82. The van der Waals surface area contributed by atoms with Gasteiger partial charge in [-0.25, -0.2) is 9.50 Å². The predicted molar refractivity (Wildman–Crippen MR) is 77.8 cm³/mol. The van der Waals surface area contributed by atoms with Crippen LogP contribution in [0.3, 0.4) is 0 Å². The van der Waals surface area contributed by atoms with E-state index in [1.807, 2.05) is 0 Å². The molecule has 2 aromatic rings. The summed E-state index contributed by atoms with van der Waals surface area (Å²) >= 11 is 0. The third kappa shape index (κ3) is 1.96. The highest BCUT2D eigenvalue weighted by atomic mass is 19.4. The number of hydrogen-bond donors (Lipinski definition) is 0. The quantitative estimate of drug-likeness (QED) is 0.787. The number of hydrogen-bond acceptors (Lipinski definition) is 2. The highest BCUT2D eigenvalue weighted by Crippen LogP contribution is 2.60. The summed E-state index contributed by atoms with van der Waals surface area (Å²) in [5.74, 6) is 2.04. The van der Waals surface area contributed by atoms with Crippen molar-refractivity contribution in [2.75, 3.05) is 0 Å². The molecule has 0 unspecified atom stereocenters.